The van der Waals surface area contributed by atoms with Crippen LogP contribution < -0.4 is 10.2 Å². The van der Waals surface area contributed by atoms with Gasteiger partial charge in [-0.3, -0.25) is 4.79 Å². The van der Waals surface area contributed by atoms with Crippen LogP contribution in [0, 0.1) is 13.8 Å². The molecule has 1 N–H and O–H groups in total. The van der Waals surface area contributed by atoms with E-state index in [1.165, 1.54) is 30.4 Å². The minimum absolute atomic E-state index is 0.130. The minimum atomic E-state index is -0.130. The molecule has 0 bridgehead atoms. The first kappa shape index (κ1) is 13.7. The van der Waals surface area contributed by atoms with Crippen LogP contribution in [0.15, 0.2) is 34.9 Å². The summed E-state index contributed by atoms with van der Waals surface area (Å²) >= 11 is 0. The maximum atomic E-state index is 12.2. The first-order chi connectivity index (χ1) is 10.1. The van der Waals surface area contributed by atoms with Gasteiger partial charge in [0.1, 0.15) is 5.76 Å². The molecule has 4 heteroatoms. The molecule has 1 aromatic heterocycles. The van der Waals surface area contributed by atoms with Crippen molar-refractivity contribution >= 4 is 17.3 Å². The van der Waals surface area contributed by atoms with Gasteiger partial charge in [0.2, 0.25) is 0 Å². The summed E-state index contributed by atoms with van der Waals surface area (Å²) in [5.74, 6) is 0.507. The molecule has 1 fully saturated rings. The van der Waals surface area contributed by atoms with Gasteiger partial charge in [0.25, 0.3) is 5.91 Å². The highest BCUT2D eigenvalue weighted by Crippen LogP contribution is 2.27. The Labute approximate surface area is 124 Å². The molecule has 1 aromatic carbocycles. The number of carbonyl (C=O) groups is 1. The van der Waals surface area contributed by atoms with E-state index >= 15 is 0 Å². The second-order valence-electron chi connectivity index (χ2n) is 5.54. The molecule has 2 heterocycles. The quantitative estimate of drug-likeness (QED) is 0.933. The van der Waals surface area contributed by atoms with Gasteiger partial charge >= 0.3 is 0 Å². The highest BCUT2D eigenvalue weighted by molar-refractivity contribution is 6.05. The number of rotatable bonds is 3. The molecule has 0 radical (unpaired) electrons. The average molecular weight is 284 g/mol. The second-order valence-corrected chi connectivity index (χ2v) is 5.54. The van der Waals surface area contributed by atoms with Crippen LogP contribution in [0.2, 0.25) is 0 Å². The number of nitrogens with zero attached hydrogens (tertiary/aromatic N) is 1. The SMILES string of the molecule is Cc1cc(NC(=O)c2ccoc2C)ccc1N1CCCC1. The number of furan rings is 1. The van der Waals surface area contributed by atoms with Crippen LogP contribution in [0.1, 0.15) is 34.5 Å². The lowest BCUT2D eigenvalue weighted by molar-refractivity contribution is 0.102. The van der Waals surface area contributed by atoms with E-state index in [1.54, 1.807) is 13.0 Å². The van der Waals surface area contributed by atoms with E-state index in [4.69, 9.17) is 4.42 Å². The number of anilines is 2. The molecular weight excluding hydrogens is 264 g/mol. The van der Waals surface area contributed by atoms with Gasteiger partial charge in [0.05, 0.1) is 11.8 Å². The summed E-state index contributed by atoms with van der Waals surface area (Å²) in [5.41, 5.74) is 3.86. The van der Waals surface area contributed by atoms with Gasteiger partial charge in [0.15, 0.2) is 0 Å². The van der Waals surface area contributed by atoms with Crippen molar-refractivity contribution in [3.8, 4) is 0 Å². The number of hydrogen-bond donors (Lipinski definition) is 1. The minimum Gasteiger partial charge on any atom is -0.469 e. The Hall–Kier alpha value is -2.23. The number of carbonyl (C=O) groups excluding carboxylic acids is 1. The van der Waals surface area contributed by atoms with E-state index in [9.17, 15) is 4.79 Å². The molecule has 3 rings (SSSR count). The Bertz CT molecular complexity index is 655. The summed E-state index contributed by atoms with van der Waals surface area (Å²) < 4.78 is 5.17. The fraction of sp³-hybridized carbons (Fsp3) is 0.353. The summed E-state index contributed by atoms with van der Waals surface area (Å²) in [5, 5.41) is 2.93. The molecule has 1 aliphatic heterocycles. The highest BCUT2D eigenvalue weighted by Gasteiger charge is 2.15. The lowest BCUT2D eigenvalue weighted by atomic mass is 10.1. The van der Waals surface area contributed by atoms with Crippen molar-refractivity contribution in [3.05, 3.63) is 47.4 Å². The molecule has 110 valence electrons. The lowest BCUT2D eigenvalue weighted by Crippen LogP contribution is -2.19. The van der Waals surface area contributed by atoms with Gasteiger partial charge in [-0.15, -0.1) is 0 Å². The van der Waals surface area contributed by atoms with E-state index < -0.39 is 0 Å². The maximum Gasteiger partial charge on any atom is 0.259 e. The molecule has 0 saturated carbocycles. The normalized spacial score (nSPS) is 14.5. The number of aryl methyl sites for hydroxylation is 2. The van der Waals surface area contributed by atoms with Crippen LogP contribution in [0.4, 0.5) is 11.4 Å². The second kappa shape index (κ2) is 5.64. The van der Waals surface area contributed by atoms with Crippen molar-refractivity contribution < 1.29 is 9.21 Å². The fourth-order valence-corrected chi connectivity index (χ4v) is 2.87. The third-order valence-electron chi connectivity index (χ3n) is 4.00. The zero-order valence-electron chi connectivity index (χ0n) is 12.5. The van der Waals surface area contributed by atoms with Crippen LogP contribution in [-0.4, -0.2) is 19.0 Å². The molecule has 0 aliphatic carbocycles. The monoisotopic (exact) mass is 284 g/mol. The summed E-state index contributed by atoms with van der Waals surface area (Å²) in [7, 11) is 0. The smallest absolute Gasteiger partial charge is 0.259 e. The average Bonchev–Trinajstić information content (AvgIpc) is 3.10. The van der Waals surface area contributed by atoms with E-state index in [2.05, 4.69) is 23.2 Å². The van der Waals surface area contributed by atoms with Gasteiger partial charge in [0, 0.05) is 24.5 Å². The summed E-state index contributed by atoms with van der Waals surface area (Å²) in [6, 6.07) is 7.78. The molecule has 0 unspecified atom stereocenters. The molecular formula is C17H20N2O2. The number of amides is 1. The fourth-order valence-electron chi connectivity index (χ4n) is 2.87. The molecule has 0 spiro atoms. The Morgan fingerprint density at radius 2 is 1.95 bits per heavy atom. The Balaban J connectivity index is 1.76. The van der Waals surface area contributed by atoms with Gasteiger partial charge in [-0.2, -0.15) is 0 Å². The summed E-state index contributed by atoms with van der Waals surface area (Å²) in [4.78, 5) is 14.6. The molecule has 0 atom stereocenters. The Morgan fingerprint density at radius 1 is 1.19 bits per heavy atom. The van der Waals surface area contributed by atoms with Crippen LogP contribution in [0.5, 0.6) is 0 Å². The van der Waals surface area contributed by atoms with Crippen molar-refractivity contribution in [3.63, 3.8) is 0 Å². The molecule has 2 aromatic rings. The summed E-state index contributed by atoms with van der Waals surface area (Å²) in [6.07, 6.45) is 4.06. The standard InChI is InChI=1S/C17H20N2O2/c1-12-11-14(5-6-16(12)19-8-3-4-9-19)18-17(20)15-7-10-21-13(15)2/h5-7,10-11H,3-4,8-9H2,1-2H3,(H,18,20). The molecule has 21 heavy (non-hydrogen) atoms. The summed E-state index contributed by atoms with van der Waals surface area (Å²) in [6.45, 7) is 6.13. The van der Waals surface area contributed by atoms with Crippen molar-refractivity contribution in [1.82, 2.24) is 0 Å². The molecule has 1 amide bonds. The first-order valence-electron chi connectivity index (χ1n) is 7.36. The molecule has 1 saturated heterocycles. The van der Waals surface area contributed by atoms with E-state index in [0.29, 0.717) is 11.3 Å². The number of benzene rings is 1. The third kappa shape index (κ3) is 2.79. The van der Waals surface area contributed by atoms with Crippen molar-refractivity contribution in [2.24, 2.45) is 0 Å². The van der Waals surface area contributed by atoms with Gasteiger partial charge in [-0.25, -0.2) is 0 Å². The van der Waals surface area contributed by atoms with E-state index in [1.807, 2.05) is 12.1 Å². The van der Waals surface area contributed by atoms with Gasteiger partial charge < -0.3 is 14.6 Å². The van der Waals surface area contributed by atoms with E-state index in [-0.39, 0.29) is 5.91 Å². The van der Waals surface area contributed by atoms with Gasteiger partial charge in [-0.05, 0) is 56.5 Å². The van der Waals surface area contributed by atoms with Crippen LogP contribution in [0.3, 0.4) is 0 Å². The lowest BCUT2D eigenvalue weighted by Gasteiger charge is -2.20. The number of nitrogens with one attached hydrogen (secondary N) is 1. The van der Waals surface area contributed by atoms with Crippen molar-refractivity contribution in [1.29, 1.82) is 0 Å². The van der Waals surface area contributed by atoms with E-state index in [0.717, 1.165) is 18.8 Å². The highest BCUT2D eigenvalue weighted by atomic mass is 16.3. The Kier molecular flexibility index (Phi) is 3.69. The predicted octanol–water partition coefficient (Wildman–Crippen LogP) is 3.75. The largest absolute Gasteiger partial charge is 0.469 e. The third-order valence-corrected chi connectivity index (χ3v) is 4.00. The zero-order valence-corrected chi connectivity index (χ0v) is 12.5. The maximum absolute atomic E-state index is 12.2. The van der Waals surface area contributed by atoms with Crippen LogP contribution >= 0.6 is 0 Å². The number of hydrogen-bond acceptors (Lipinski definition) is 3. The predicted molar refractivity (Wildman–Crippen MR) is 84.0 cm³/mol. The zero-order chi connectivity index (χ0) is 14.8. The van der Waals surface area contributed by atoms with Crippen LogP contribution in [0.25, 0.3) is 0 Å². The molecule has 1 aliphatic rings. The van der Waals surface area contributed by atoms with Gasteiger partial charge in [-0.1, -0.05) is 0 Å². The first-order valence-corrected chi connectivity index (χ1v) is 7.36. The Morgan fingerprint density at radius 3 is 2.57 bits per heavy atom. The van der Waals surface area contributed by atoms with Crippen molar-refractivity contribution in [2.75, 3.05) is 23.3 Å². The topological polar surface area (TPSA) is 45.5 Å². The van der Waals surface area contributed by atoms with Crippen LogP contribution in [-0.2, 0) is 0 Å². The molecule has 4 nitrogen and oxygen atoms in total. The van der Waals surface area contributed by atoms with Crippen molar-refractivity contribution in [2.45, 2.75) is 26.7 Å².